The molecule has 1 aromatic rings. The number of amides is 1. The smallest absolute Gasteiger partial charge is 0.254 e. The maximum atomic E-state index is 12.6. The van der Waals surface area contributed by atoms with Crippen molar-refractivity contribution in [3.63, 3.8) is 0 Å². The van der Waals surface area contributed by atoms with E-state index in [1.54, 1.807) is 12.1 Å². The number of fused-ring (bicyclic) bond motifs is 1. The summed E-state index contributed by atoms with van der Waals surface area (Å²) in [6.07, 6.45) is 3.33. The molecule has 2 aliphatic rings. The summed E-state index contributed by atoms with van der Waals surface area (Å²) in [5.41, 5.74) is 0.498. The van der Waals surface area contributed by atoms with Crippen molar-refractivity contribution in [2.24, 2.45) is 0 Å². The first-order valence-corrected chi connectivity index (χ1v) is 7.16. The molecule has 1 aliphatic heterocycles. The Morgan fingerprint density at radius 3 is 2.79 bits per heavy atom. The zero-order chi connectivity index (χ0) is 13.4. The molecule has 1 amide bonds. The van der Waals surface area contributed by atoms with Gasteiger partial charge in [0.1, 0.15) is 10.3 Å². The summed E-state index contributed by atoms with van der Waals surface area (Å²) in [6.45, 7) is 1.22. The molecule has 1 saturated carbocycles. The van der Waals surface area contributed by atoms with Gasteiger partial charge in [-0.15, -0.1) is 0 Å². The van der Waals surface area contributed by atoms with Crippen LogP contribution in [0.2, 0.25) is 10.3 Å². The molecule has 19 heavy (non-hydrogen) atoms. The lowest BCUT2D eigenvalue weighted by Gasteiger charge is -2.37. The Balaban J connectivity index is 1.86. The molecule has 2 fully saturated rings. The normalized spacial score (nSPS) is 26.3. The number of rotatable bonds is 1. The molecule has 1 saturated heterocycles. The average molecular weight is 301 g/mol. The fourth-order valence-corrected chi connectivity index (χ4v) is 3.39. The number of halogens is 2. The number of ether oxygens (including phenoxy) is 1. The molecule has 3 rings (SSSR count). The van der Waals surface area contributed by atoms with Crippen molar-refractivity contribution in [2.45, 2.75) is 31.4 Å². The van der Waals surface area contributed by atoms with Gasteiger partial charge in [-0.05, 0) is 31.4 Å². The quantitative estimate of drug-likeness (QED) is 0.749. The summed E-state index contributed by atoms with van der Waals surface area (Å²) >= 11 is 11.7. The van der Waals surface area contributed by atoms with Gasteiger partial charge in [0.15, 0.2) is 0 Å². The van der Waals surface area contributed by atoms with Gasteiger partial charge in [-0.3, -0.25) is 4.79 Å². The number of pyridine rings is 1. The molecule has 2 unspecified atom stereocenters. The van der Waals surface area contributed by atoms with E-state index in [4.69, 9.17) is 27.9 Å². The Labute approximate surface area is 121 Å². The first-order valence-electron chi connectivity index (χ1n) is 6.41. The van der Waals surface area contributed by atoms with Crippen LogP contribution in [0.1, 0.15) is 29.6 Å². The molecular weight excluding hydrogens is 287 g/mol. The maximum Gasteiger partial charge on any atom is 0.254 e. The van der Waals surface area contributed by atoms with Gasteiger partial charge in [0.05, 0.1) is 18.8 Å². The van der Waals surface area contributed by atoms with E-state index in [1.807, 2.05) is 4.90 Å². The molecule has 6 heteroatoms. The number of morpholine rings is 1. The number of carbonyl (C=O) groups excluding carboxylic acids is 1. The van der Waals surface area contributed by atoms with E-state index >= 15 is 0 Å². The van der Waals surface area contributed by atoms with E-state index in [1.165, 1.54) is 0 Å². The van der Waals surface area contributed by atoms with Gasteiger partial charge in [0, 0.05) is 12.1 Å². The minimum absolute atomic E-state index is 0.0357. The van der Waals surface area contributed by atoms with Gasteiger partial charge in [-0.1, -0.05) is 23.2 Å². The zero-order valence-electron chi connectivity index (χ0n) is 10.3. The number of hydrogen-bond donors (Lipinski definition) is 0. The van der Waals surface area contributed by atoms with Crippen molar-refractivity contribution < 1.29 is 9.53 Å². The summed E-state index contributed by atoms with van der Waals surface area (Å²) in [5.74, 6) is -0.0357. The van der Waals surface area contributed by atoms with Crippen LogP contribution in [-0.2, 0) is 4.74 Å². The monoisotopic (exact) mass is 300 g/mol. The Morgan fingerprint density at radius 1 is 1.32 bits per heavy atom. The Bertz CT molecular complexity index is 489. The largest absolute Gasteiger partial charge is 0.374 e. The predicted octanol–water partition coefficient (Wildman–Crippen LogP) is 2.78. The SMILES string of the molecule is O=C(c1cc(Cl)nc(Cl)c1)N1CCOC2CCCC21. The molecule has 0 radical (unpaired) electrons. The van der Waals surface area contributed by atoms with Gasteiger partial charge in [0.2, 0.25) is 0 Å². The molecule has 2 heterocycles. The predicted molar refractivity (Wildman–Crippen MR) is 72.7 cm³/mol. The third-order valence-electron chi connectivity index (χ3n) is 3.75. The van der Waals surface area contributed by atoms with Crippen LogP contribution in [0.15, 0.2) is 12.1 Å². The summed E-state index contributed by atoms with van der Waals surface area (Å²) in [6, 6.07) is 3.32. The fourth-order valence-electron chi connectivity index (χ4n) is 2.93. The first-order chi connectivity index (χ1) is 9.15. The van der Waals surface area contributed by atoms with Crippen LogP contribution in [0.3, 0.4) is 0 Å². The molecule has 1 aromatic heterocycles. The van der Waals surface area contributed by atoms with Crippen LogP contribution in [0, 0.1) is 0 Å². The molecule has 4 nitrogen and oxygen atoms in total. The number of aromatic nitrogens is 1. The van der Waals surface area contributed by atoms with Gasteiger partial charge in [0.25, 0.3) is 5.91 Å². The van der Waals surface area contributed by atoms with Crippen LogP contribution in [0.5, 0.6) is 0 Å². The highest BCUT2D eigenvalue weighted by atomic mass is 35.5. The minimum Gasteiger partial charge on any atom is -0.374 e. The van der Waals surface area contributed by atoms with Gasteiger partial charge >= 0.3 is 0 Å². The number of nitrogens with zero attached hydrogens (tertiary/aromatic N) is 2. The topological polar surface area (TPSA) is 42.4 Å². The van der Waals surface area contributed by atoms with E-state index in [-0.39, 0.29) is 28.4 Å². The second-order valence-electron chi connectivity index (χ2n) is 4.91. The summed E-state index contributed by atoms with van der Waals surface area (Å²) in [5, 5.41) is 0.485. The first kappa shape index (κ1) is 13.2. The second kappa shape index (κ2) is 5.27. The average Bonchev–Trinajstić information content (AvgIpc) is 2.84. The van der Waals surface area contributed by atoms with Crippen molar-refractivity contribution in [2.75, 3.05) is 13.2 Å². The van der Waals surface area contributed by atoms with Crippen LogP contribution in [0.4, 0.5) is 0 Å². The van der Waals surface area contributed by atoms with Crippen molar-refractivity contribution >= 4 is 29.1 Å². The molecule has 0 N–H and O–H groups in total. The van der Waals surface area contributed by atoms with Crippen LogP contribution in [-0.4, -0.2) is 41.1 Å². The fraction of sp³-hybridized carbons (Fsp3) is 0.538. The molecule has 2 atom stereocenters. The summed E-state index contributed by atoms with van der Waals surface area (Å²) < 4.78 is 5.71. The van der Waals surface area contributed by atoms with E-state index in [9.17, 15) is 4.79 Å². The highest BCUT2D eigenvalue weighted by molar-refractivity contribution is 6.33. The van der Waals surface area contributed by atoms with Crippen LogP contribution in [0.25, 0.3) is 0 Å². The van der Waals surface area contributed by atoms with Gasteiger partial charge in [-0.25, -0.2) is 4.98 Å². The molecule has 0 bridgehead atoms. The third-order valence-corrected chi connectivity index (χ3v) is 4.14. The van der Waals surface area contributed by atoms with E-state index < -0.39 is 0 Å². The van der Waals surface area contributed by atoms with E-state index in [2.05, 4.69) is 4.98 Å². The van der Waals surface area contributed by atoms with E-state index in [0.29, 0.717) is 18.7 Å². The zero-order valence-corrected chi connectivity index (χ0v) is 11.8. The van der Waals surface area contributed by atoms with Gasteiger partial charge < -0.3 is 9.64 Å². The lowest BCUT2D eigenvalue weighted by Crippen LogP contribution is -2.51. The minimum atomic E-state index is -0.0357. The van der Waals surface area contributed by atoms with Crippen LogP contribution >= 0.6 is 23.2 Å². The number of carbonyl (C=O) groups is 1. The lowest BCUT2D eigenvalue weighted by atomic mass is 10.1. The number of hydrogen-bond acceptors (Lipinski definition) is 3. The van der Waals surface area contributed by atoms with Crippen LogP contribution < -0.4 is 0 Å². The Hall–Kier alpha value is -0.840. The second-order valence-corrected chi connectivity index (χ2v) is 5.68. The summed E-state index contributed by atoms with van der Waals surface area (Å²) in [7, 11) is 0. The maximum absolute atomic E-state index is 12.6. The Kier molecular flexibility index (Phi) is 3.65. The summed E-state index contributed by atoms with van der Waals surface area (Å²) in [4.78, 5) is 18.3. The van der Waals surface area contributed by atoms with Crippen molar-refractivity contribution in [1.29, 1.82) is 0 Å². The molecular formula is C13H14Cl2N2O2. The highest BCUT2D eigenvalue weighted by Crippen LogP contribution is 2.31. The van der Waals surface area contributed by atoms with Crippen molar-refractivity contribution in [1.82, 2.24) is 9.88 Å². The lowest BCUT2D eigenvalue weighted by molar-refractivity contribution is -0.0445. The van der Waals surface area contributed by atoms with E-state index in [0.717, 1.165) is 19.3 Å². The molecule has 0 aromatic carbocycles. The van der Waals surface area contributed by atoms with Crippen molar-refractivity contribution in [3.05, 3.63) is 28.0 Å². The molecule has 102 valence electrons. The molecule has 0 spiro atoms. The third kappa shape index (κ3) is 2.57. The Morgan fingerprint density at radius 2 is 2.05 bits per heavy atom. The van der Waals surface area contributed by atoms with Crippen molar-refractivity contribution in [3.8, 4) is 0 Å². The highest BCUT2D eigenvalue weighted by Gasteiger charge is 2.38. The standard InChI is InChI=1S/C13H14Cl2N2O2/c14-11-6-8(7-12(15)16-11)13(18)17-4-5-19-10-3-1-2-9(10)17/h6-7,9-10H,1-5H2. The van der Waals surface area contributed by atoms with Gasteiger partial charge in [-0.2, -0.15) is 0 Å². The molecule has 1 aliphatic carbocycles.